The lowest BCUT2D eigenvalue weighted by atomic mass is 9.97. The molecule has 33 heavy (non-hydrogen) atoms. The molecule has 3 aromatic rings. The van der Waals surface area contributed by atoms with Crippen molar-refractivity contribution in [2.24, 2.45) is 0 Å². The molecule has 174 valence electrons. The second kappa shape index (κ2) is 9.27. The molecule has 0 radical (unpaired) electrons. The van der Waals surface area contributed by atoms with Gasteiger partial charge in [0, 0.05) is 20.3 Å². The Kier molecular flexibility index (Phi) is 6.42. The smallest absolute Gasteiger partial charge is 0.290 e. The monoisotopic (exact) mass is 451 g/mol. The van der Waals surface area contributed by atoms with Crippen molar-refractivity contribution in [2.45, 2.75) is 33.2 Å². The maximum Gasteiger partial charge on any atom is 0.290 e. The van der Waals surface area contributed by atoms with Crippen molar-refractivity contribution < 1.29 is 23.4 Å². The first-order valence-electron chi connectivity index (χ1n) is 11.1. The van der Waals surface area contributed by atoms with Gasteiger partial charge in [-0.15, -0.1) is 0 Å². The number of amides is 1. The third-order valence-corrected chi connectivity index (χ3v) is 5.95. The first-order valence-corrected chi connectivity index (χ1v) is 11.1. The first kappa shape index (κ1) is 22.9. The zero-order valence-corrected chi connectivity index (χ0v) is 19.7. The van der Waals surface area contributed by atoms with Gasteiger partial charge in [0.1, 0.15) is 5.58 Å². The normalized spacial score (nSPS) is 15.2. The van der Waals surface area contributed by atoms with E-state index in [0.717, 1.165) is 16.7 Å². The Balaban J connectivity index is 1.93. The van der Waals surface area contributed by atoms with Crippen LogP contribution >= 0.6 is 0 Å². The number of methoxy groups -OCH3 is 2. The number of aryl methyl sites for hydroxylation is 2. The number of carbonyl (C=O) groups excluding carboxylic acids is 1. The number of benzene rings is 2. The zero-order valence-electron chi connectivity index (χ0n) is 19.7. The number of ether oxygens (including phenoxy) is 3. The van der Waals surface area contributed by atoms with Crippen LogP contribution in [0.1, 0.15) is 52.2 Å². The topological polar surface area (TPSA) is 78.2 Å². The summed E-state index contributed by atoms with van der Waals surface area (Å²) in [6.45, 7) is 7.15. The van der Waals surface area contributed by atoms with Crippen molar-refractivity contribution in [3.63, 3.8) is 0 Å². The Bertz CT molecular complexity index is 1260. The summed E-state index contributed by atoms with van der Waals surface area (Å²) in [6, 6.07) is 8.69. The van der Waals surface area contributed by atoms with Crippen LogP contribution in [0.15, 0.2) is 39.5 Å². The second-order valence-electron chi connectivity index (χ2n) is 8.22. The van der Waals surface area contributed by atoms with Gasteiger partial charge in [-0.05, 0) is 62.1 Å². The molecule has 4 rings (SSSR count). The van der Waals surface area contributed by atoms with Gasteiger partial charge in [0.25, 0.3) is 5.91 Å². The molecule has 2 aromatic carbocycles. The van der Waals surface area contributed by atoms with Gasteiger partial charge in [-0.2, -0.15) is 0 Å². The van der Waals surface area contributed by atoms with E-state index < -0.39 is 6.04 Å². The van der Waals surface area contributed by atoms with E-state index >= 15 is 0 Å². The number of hydrogen-bond acceptors (Lipinski definition) is 6. The van der Waals surface area contributed by atoms with Crippen molar-refractivity contribution in [2.75, 3.05) is 34.0 Å². The summed E-state index contributed by atoms with van der Waals surface area (Å²) in [7, 11) is 3.19. The number of rotatable bonds is 8. The van der Waals surface area contributed by atoms with Crippen LogP contribution in [0.25, 0.3) is 11.0 Å². The summed E-state index contributed by atoms with van der Waals surface area (Å²) < 4.78 is 22.5. The van der Waals surface area contributed by atoms with Crippen LogP contribution in [-0.4, -0.2) is 44.8 Å². The Morgan fingerprint density at radius 3 is 2.55 bits per heavy atom. The van der Waals surface area contributed by atoms with Gasteiger partial charge >= 0.3 is 0 Å². The van der Waals surface area contributed by atoms with Gasteiger partial charge in [0.05, 0.1) is 30.7 Å². The average Bonchev–Trinajstić information content (AvgIpc) is 3.07. The van der Waals surface area contributed by atoms with E-state index in [1.807, 2.05) is 51.1 Å². The Morgan fingerprint density at radius 2 is 1.85 bits per heavy atom. The first-order chi connectivity index (χ1) is 15.9. The maximum atomic E-state index is 13.7. The molecular formula is C26H29NO6. The number of hydrogen-bond donors (Lipinski definition) is 0. The van der Waals surface area contributed by atoms with Crippen LogP contribution in [0.5, 0.6) is 11.5 Å². The zero-order chi connectivity index (χ0) is 23.7. The van der Waals surface area contributed by atoms with E-state index in [1.54, 1.807) is 19.1 Å². The van der Waals surface area contributed by atoms with E-state index in [0.29, 0.717) is 54.2 Å². The van der Waals surface area contributed by atoms with Crippen LogP contribution in [-0.2, 0) is 4.74 Å². The molecular weight excluding hydrogens is 422 g/mol. The van der Waals surface area contributed by atoms with Crippen molar-refractivity contribution >= 4 is 16.9 Å². The molecule has 2 heterocycles. The lowest BCUT2D eigenvalue weighted by Crippen LogP contribution is -2.31. The van der Waals surface area contributed by atoms with Crippen LogP contribution in [0, 0.1) is 13.8 Å². The lowest BCUT2D eigenvalue weighted by Gasteiger charge is -2.25. The van der Waals surface area contributed by atoms with E-state index in [1.165, 1.54) is 0 Å². The highest BCUT2D eigenvalue weighted by Gasteiger charge is 2.42. The fraction of sp³-hybridized carbons (Fsp3) is 0.385. The molecule has 1 atom stereocenters. The average molecular weight is 452 g/mol. The van der Waals surface area contributed by atoms with Gasteiger partial charge < -0.3 is 23.5 Å². The quantitative estimate of drug-likeness (QED) is 0.473. The van der Waals surface area contributed by atoms with Crippen molar-refractivity contribution in [3.05, 3.63) is 68.6 Å². The lowest BCUT2D eigenvalue weighted by molar-refractivity contribution is 0.0707. The minimum atomic E-state index is -0.588. The predicted molar refractivity (Wildman–Crippen MR) is 125 cm³/mol. The largest absolute Gasteiger partial charge is 0.493 e. The Labute approximate surface area is 192 Å². The van der Waals surface area contributed by atoms with E-state index in [-0.39, 0.29) is 17.1 Å². The fourth-order valence-corrected chi connectivity index (χ4v) is 4.56. The SMILES string of the molecule is CCOc1ccc(C2c3c(oc4c(C)cc(C)cc4c3=O)C(=O)N2CCCOC)cc1OC. The number of fused-ring (bicyclic) bond motifs is 2. The molecule has 1 amide bonds. The highest BCUT2D eigenvalue weighted by Crippen LogP contribution is 2.41. The Hall–Kier alpha value is -3.32. The highest BCUT2D eigenvalue weighted by atomic mass is 16.5. The van der Waals surface area contributed by atoms with Gasteiger partial charge in [-0.3, -0.25) is 9.59 Å². The molecule has 1 aliphatic rings. The van der Waals surface area contributed by atoms with Crippen molar-refractivity contribution in [1.82, 2.24) is 4.90 Å². The highest BCUT2D eigenvalue weighted by molar-refractivity contribution is 5.99. The van der Waals surface area contributed by atoms with Gasteiger partial charge in [0.15, 0.2) is 16.9 Å². The molecule has 1 aliphatic heterocycles. The summed E-state index contributed by atoms with van der Waals surface area (Å²) >= 11 is 0. The Morgan fingerprint density at radius 1 is 1.06 bits per heavy atom. The fourth-order valence-electron chi connectivity index (χ4n) is 4.56. The molecule has 0 bridgehead atoms. The molecule has 0 spiro atoms. The summed E-state index contributed by atoms with van der Waals surface area (Å²) in [6.07, 6.45) is 0.632. The molecule has 1 unspecified atom stereocenters. The summed E-state index contributed by atoms with van der Waals surface area (Å²) in [5.74, 6) is 0.965. The van der Waals surface area contributed by atoms with Gasteiger partial charge in [-0.25, -0.2) is 0 Å². The van der Waals surface area contributed by atoms with Crippen LogP contribution in [0.2, 0.25) is 0 Å². The minimum Gasteiger partial charge on any atom is -0.493 e. The third-order valence-electron chi connectivity index (χ3n) is 5.95. The molecule has 7 heteroatoms. The van der Waals surface area contributed by atoms with E-state index in [2.05, 4.69) is 0 Å². The molecule has 0 N–H and O–H groups in total. The summed E-state index contributed by atoms with van der Waals surface area (Å²) in [5.41, 5.74) is 3.19. The molecule has 0 saturated heterocycles. The van der Waals surface area contributed by atoms with Crippen LogP contribution < -0.4 is 14.9 Å². The standard InChI is InChI=1S/C26H29NO6/c1-6-32-19-9-8-17(14-20(19)31-5)22-21-23(28)18-13-15(2)12-16(3)24(18)33-25(21)26(29)27(22)10-7-11-30-4/h8-9,12-14,22H,6-7,10-11H2,1-5H3. The predicted octanol–water partition coefficient (Wildman–Crippen LogP) is 4.40. The van der Waals surface area contributed by atoms with Crippen molar-refractivity contribution in [1.29, 1.82) is 0 Å². The van der Waals surface area contributed by atoms with Gasteiger partial charge in [-0.1, -0.05) is 12.1 Å². The van der Waals surface area contributed by atoms with E-state index in [9.17, 15) is 9.59 Å². The van der Waals surface area contributed by atoms with Crippen LogP contribution in [0.3, 0.4) is 0 Å². The molecule has 7 nitrogen and oxygen atoms in total. The van der Waals surface area contributed by atoms with E-state index in [4.69, 9.17) is 18.6 Å². The molecule has 1 aromatic heterocycles. The van der Waals surface area contributed by atoms with Crippen LogP contribution in [0.4, 0.5) is 0 Å². The summed E-state index contributed by atoms with van der Waals surface area (Å²) in [5, 5.41) is 0.487. The van der Waals surface area contributed by atoms with Gasteiger partial charge in [0.2, 0.25) is 5.76 Å². The second-order valence-corrected chi connectivity index (χ2v) is 8.22. The molecule has 0 aliphatic carbocycles. The minimum absolute atomic E-state index is 0.106. The molecule has 0 saturated carbocycles. The molecule has 0 fully saturated rings. The maximum absolute atomic E-state index is 13.7. The summed E-state index contributed by atoms with van der Waals surface area (Å²) in [4.78, 5) is 28.9. The third kappa shape index (κ3) is 3.97. The number of nitrogens with zero attached hydrogens (tertiary/aromatic N) is 1. The van der Waals surface area contributed by atoms with Crippen molar-refractivity contribution in [3.8, 4) is 11.5 Å². The number of carbonyl (C=O) groups is 1.